The molecule has 1 heterocycles. The van der Waals surface area contributed by atoms with E-state index in [0.717, 1.165) is 17.7 Å². The molecule has 0 radical (unpaired) electrons. The first-order chi connectivity index (χ1) is 9.63. The van der Waals surface area contributed by atoms with E-state index in [9.17, 15) is 9.90 Å². The Hall–Kier alpha value is -1.55. The highest BCUT2D eigenvalue weighted by Crippen LogP contribution is 2.21. The summed E-state index contributed by atoms with van der Waals surface area (Å²) < 4.78 is 5.11. The van der Waals surface area contributed by atoms with Crippen LogP contribution in [0.4, 0.5) is 0 Å². The Labute approximate surface area is 120 Å². The predicted octanol–water partition coefficient (Wildman–Crippen LogP) is 1.86. The maximum atomic E-state index is 12.3. The second kappa shape index (κ2) is 6.75. The molecule has 2 rings (SSSR count). The standard InChI is InChI=1S/C16H23NO3/c1-3-13-11-17(9-8-15(13)18)16(19)10-12-4-6-14(20-2)7-5-12/h4-7,13,15,18H,3,8-11H2,1-2H3. The molecule has 1 aliphatic rings. The van der Waals surface area contributed by atoms with Gasteiger partial charge in [-0.1, -0.05) is 19.1 Å². The number of aliphatic hydroxyl groups is 1. The van der Waals surface area contributed by atoms with Crippen molar-refractivity contribution < 1.29 is 14.6 Å². The zero-order valence-corrected chi connectivity index (χ0v) is 12.2. The largest absolute Gasteiger partial charge is 0.497 e. The minimum atomic E-state index is -0.259. The third-order valence-corrected chi connectivity index (χ3v) is 4.09. The molecule has 1 amide bonds. The van der Waals surface area contributed by atoms with Gasteiger partial charge in [0.05, 0.1) is 19.6 Å². The maximum absolute atomic E-state index is 12.3. The number of nitrogens with zero attached hydrogens (tertiary/aromatic N) is 1. The lowest BCUT2D eigenvalue weighted by Gasteiger charge is -2.35. The highest BCUT2D eigenvalue weighted by atomic mass is 16.5. The van der Waals surface area contributed by atoms with Crippen LogP contribution in [0.5, 0.6) is 5.75 Å². The number of amides is 1. The third-order valence-electron chi connectivity index (χ3n) is 4.09. The summed E-state index contributed by atoms with van der Waals surface area (Å²) in [4.78, 5) is 14.2. The molecule has 20 heavy (non-hydrogen) atoms. The molecule has 1 aromatic rings. The van der Waals surface area contributed by atoms with Crippen molar-refractivity contribution in [3.05, 3.63) is 29.8 Å². The second-order valence-electron chi connectivity index (χ2n) is 5.39. The van der Waals surface area contributed by atoms with Crippen LogP contribution in [-0.2, 0) is 11.2 Å². The van der Waals surface area contributed by atoms with Gasteiger partial charge in [-0.3, -0.25) is 4.79 Å². The number of carbonyl (C=O) groups is 1. The molecular weight excluding hydrogens is 254 g/mol. The van der Waals surface area contributed by atoms with Crippen molar-refractivity contribution in [2.45, 2.75) is 32.3 Å². The number of piperidine rings is 1. The van der Waals surface area contributed by atoms with Crippen LogP contribution >= 0.6 is 0 Å². The van der Waals surface area contributed by atoms with Gasteiger partial charge in [-0.05, 0) is 30.5 Å². The van der Waals surface area contributed by atoms with Crippen molar-refractivity contribution in [3.63, 3.8) is 0 Å². The van der Waals surface area contributed by atoms with Crippen LogP contribution in [0.1, 0.15) is 25.3 Å². The Morgan fingerprint density at radius 1 is 1.40 bits per heavy atom. The fraction of sp³-hybridized carbons (Fsp3) is 0.562. The normalized spacial score (nSPS) is 22.6. The van der Waals surface area contributed by atoms with E-state index in [-0.39, 0.29) is 17.9 Å². The average molecular weight is 277 g/mol. The maximum Gasteiger partial charge on any atom is 0.227 e. The van der Waals surface area contributed by atoms with E-state index in [1.807, 2.05) is 29.2 Å². The number of methoxy groups -OCH3 is 1. The van der Waals surface area contributed by atoms with E-state index in [0.29, 0.717) is 25.9 Å². The molecule has 1 aliphatic heterocycles. The van der Waals surface area contributed by atoms with E-state index in [4.69, 9.17) is 4.74 Å². The molecule has 2 unspecified atom stereocenters. The van der Waals surface area contributed by atoms with Gasteiger partial charge in [0, 0.05) is 19.0 Å². The average Bonchev–Trinajstić information content (AvgIpc) is 2.48. The van der Waals surface area contributed by atoms with E-state index in [1.165, 1.54) is 0 Å². The molecule has 0 saturated carbocycles. The number of hydrogen-bond acceptors (Lipinski definition) is 3. The summed E-state index contributed by atoms with van der Waals surface area (Å²) in [6.45, 7) is 3.39. The zero-order valence-electron chi connectivity index (χ0n) is 12.2. The van der Waals surface area contributed by atoms with Crippen molar-refractivity contribution in [2.24, 2.45) is 5.92 Å². The topological polar surface area (TPSA) is 49.8 Å². The lowest BCUT2D eigenvalue weighted by atomic mass is 9.92. The summed E-state index contributed by atoms with van der Waals surface area (Å²) in [5.41, 5.74) is 0.995. The van der Waals surface area contributed by atoms with Crippen LogP contribution in [0.3, 0.4) is 0 Å². The second-order valence-corrected chi connectivity index (χ2v) is 5.39. The number of likely N-dealkylation sites (tertiary alicyclic amines) is 1. The van der Waals surface area contributed by atoms with Crippen molar-refractivity contribution >= 4 is 5.91 Å². The van der Waals surface area contributed by atoms with Crippen LogP contribution in [0.15, 0.2) is 24.3 Å². The van der Waals surface area contributed by atoms with Crippen molar-refractivity contribution in [1.29, 1.82) is 0 Å². The molecule has 110 valence electrons. The lowest BCUT2D eigenvalue weighted by Crippen LogP contribution is -2.46. The summed E-state index contributed by atoms with van der Waals surface area (Å²) in [7, 11) is 1.63. The Morgan fingerprint density at radius 2 is 2.10 bits per heavy atom. The van der Waals surface area contributed by atoms with Crippen LogP contribution < -0.4 is 4.74 Å². The molecule has 4 heteroatoms. The smallest absolute Gasteiger partial charge is 0.227 e. The van der Waals surface area contributed by atoms with Crippen LogP contribution in [0.25, 0.3) is 0 Å². The minimum absolute atomic E-state index is 0.139. The third kappa shape index (κ3) is 3.51. The van der Waals surface area contributed by atoms with Gasteiger partial charge in [-0.25, -0.2) is 0 Å². The molecule has 2 atom stereocenters. The molecule has 1 N–H and O–H groups in total. The Bertz CT molecular complexity index is 444. The van der Waals surface area contributed by atoms with Crippen LogP contribution in [0, 0.1) is 5.92 Å². The number of hydrogen-bond donors (Lipinski definition) is 1. The van der Waals surface area contributed by atoms with Crippen LogP contribution in [-0.4, -0.2) is 42.2 Å². The summed E-state index contributed by atoms with van der Waals surface area (Å²) in [6, 6.07) is 7.59. The Balaban J connectivity index is 1.94. The monoisotopic (exact) mass is 277 g/mol. The highest BCUT2D eigenvalue weighted by molar-refractivity contribution is 5.79. The van der Waals surface area contributed by atoms with Crippen molar-refractivity contribution in [3.8, 4) is 5.75 Å². The van der Waals surface area contributed by atoms with E-state index >= 15 is 0 Å². The summed E-state index contributed by atoms with van der Waals surface area (Å²) >= 11 is 0. The van der Waals surface area contributed by atoms with Gasteiger partial charge in [0.2, 0.25) is 5.91 Å². The van der Waals surface area contributed by atoms with Gasteiger partial charge in [0.1, 0.15) is 5.75 Å². The van der Waals surface area contributed by atoms with Crippen molar-refractivity contribution in [1.82, 2.24) is 4.90 Å². The zero-order chi connectivity index (χ0) is 14.5. The van der Waals surface area contributed by atoms with Gasteiger partial charge in [0.25, 0.3) is 0 Å². The van der Waals surface area contributed by atoms with Gasteiger partial charge in [0.15, 0.2) is 0 Å². The van der Waals surface area contributed by atoms with Gasteiger partial charge >= 0.3 is 0 Å². The summed E-state index contributed by atoms with van der Waals surface area (Å²) in [6.07, 6.45) is 1.75. The molecule has 0 aliphatic carbocycles. The molecule has 1 saturated heterocycles. The van der Waals surface area contributed by atoms with E-state index < -0.39 is 0 Å². The van der Waals surface area contributed by atoms with Crippen molar-refractivity contribution in [2.75, 3.05) is 20.2 Å². The number of carbonyl (C=O) groups excluding carboxylic acids is 1. The fourth-order valence-electron chi connectivity index (χ4n) is 2.68. The van der Waals surface area contributed by atoms with Gasteiger partial charge in [-0.2, -0.15) is 0 Å². The molecule has 4 nitrogen and oxygen atoms in total. The molecule has 1 aromatic carbocycles. The molecule has 1 fully saturated rings. The lowest BCUT2D eigenvalue weighted by molar-refractivity contribution is -0.134. The molecule has 0 spiro atoms. The van der Waals surface area contributed by atoms with E-state index in [2.05, 4.69) is 6.92 Å². The highest BCUT2D eigenvalue weighted by Gasteiger charge is 2.28. The quantitative estimate of drug-likeness (QED) is 0.914. The van der Waals surface area contributed by atoms with Crippen LogP contribution in [0.2, 0.25) is 0 Å². The number of aliphatic hydroxyl groups excluding tert-OH is 1. The first kappa shape index (κ1) is 14.9. The molecular formula is C16H23NO3. The number of ether oxygens (including phenoxy) is 1. The summed E-state index contributed by atoms with van der Waals surface area (Å²) in [5.74, 6) is 1.15. The number of benzene rings is 1. The first-order valence-electron chi connectivity index (χ1n) is 7.22. The minimum Gasteiger partial charge on any atom is -0.497 e. The van der Waals surface area contributed by atoms with Gasteiger partial charge < -0.3 is 14.7 Å². The fourth-order valence-corrected chi connectivity index (χ4v) is 2.68. The first-order valence-corrected chi connectivity index (χ1v) is 7.22. The van der Waals surface area contributed by atoms with E-state index in [1.54, 1.807) is 7.11 Å². The summed E-state index contributed by atoms with van der Waals surface area (Å²) in [5, 5.41) is 9.86. The molecule has 0 aromatic heterocycles. The SMILES string of the molecule is CCC1CN(C(=O)Cc2ccc(OC)cc2)CCC1O. The van der Waals surface area contributed by atoms with Gasteiger partial charge in [-0.15, -0.1) is 0 Å². The number of rotatable bonds is 4. The Morgan fingerprint density at radius 3 is 2.70 bits per heavy atom. The molecule has 0 bridgehead atoms. The Kier molecular flexibility index (Phi) is 5.01. The predicted molar refractivity (Wildman–Crippen MR) is 77.7 cm³/mol.